The van der Waals surface area contributed by atoms with E-state index in [2.05, 4.69) is 51.0 Å². The van der Waals surface area contributed by atoms with Gasteiger partial charge in [-0.05, 0) is 37.8 Å². The summed E-state index contributed by atoms with van der Waals surface area (Å²) >= 11 is 0. The number of imidazole rings is 1. The van der Waals surface area contributed by atoms with Crippen LogP contribution in [0.25, 0.3) is 0 Å². The molecule has 3 rings (SSSR count). The van der Waals surface area contributed by atoms with E-state index in [1.807, 2.05) is 12.5 Å². The van der Waals surface area contributed by atoms with Crippen molar-refractivity contribution in [1.82, 2.24) is 14.5 Å². The van der Waals surface area contributed by atoms with Crippen molar-refractivity contribution in [3.8, 4) is 0 Å². The highest BCUT2D eigenvalue weighted by atomic mass is 15.2. The summed E-state index contributed by atoms with van der Waals surface area (Å²) in [7, 11) is 0. The Bertz CT molecular complexity index is 507. The van der Waals surface area contributed by atoms with Gasteiger partial charge in [0.15, 0.2) is 0 Å². The van der Waals surface area contributed by atoms with Crippen LogP contribution in [0.4, 0.5) is 0 Å². The number of hydrogen-bond acceptors (Lipinski definition) is 2. The number of likely N-dealkylation sites (tertiary alicyclic amines) is 1. The van der Waals surface area contributed by atoms with Gasteiger partial charge in [-0.25, -0.2) is 4.98 Å². The third kappa shape index (κ3) is 4.18. The number of aromatic nitrogens is 2. The monoisotopic (exact) mass is 283 g/mol. The summed E-state index contributed by atoms with van der Waals surface area (Å²) in [6, 6.07) is 11.6. The SMILES string of the molecule is c1ccc(CCN2CCCCC2CCn2ccnc2)cc1. The van der Waals surface area contributed by atoms with Crippen LogP contribution in [0.5, 0.6) is 0 Å². The van der Waals surface area contributed by atoms with E-state index in [9.17, 15) is 0 Å². The molecule has 1 fully saturated rings. The van der Waals surface area contributed by atoms with Gasteiger partial charge >= 0.3 is 0 Å². The Labute approximate surface area is 127 Å². The molecular weight excluding hydrogens is 258 g/mol. The third-order valence-corrected chi connectivity index (χ3v) is 4.56. The Hall–Kier alpha value is -1.61. The molecule has 3 heteroatoms. The minimum Gasteiger partial charge on any atom is -0.337 e. The van der Waals surface area contributed by atoms with Crippen molar-refractivity contribution in [2.24, 2.45) is 0 Å². The number of hydrogen-bond donors (Lipinski definition) is 0. The smallest absolute Gasteiger partial charge is 0.0945 e. The van der Waals surface area contributed by atoms with Crippen LogP contribution in [0.3, 0.4) is 0 Å². The zero-order chi connectivity index (χ0) is 14.3. The van der Waals surface area contributed by atoms with Gasteiger partial charge in [0.05, 0.1) is 6.33 Å². The van der Waals surface area contributed by atoms with E-state index < -0.39 is 0 Å². The van der Waals surface area contributed by atoms with Gasteiger partial charge in [-0.2, -0.15) is 0 Å². The van der Waals surface area contributed by atoms with Crippen LogP contribution >= 0.6 is 0 Å². The molecule has 0 N–H and O–H groups in total. The third-order valence-electron chi connectivity index (χ3n) is 4.56. The van der Waals surface area contributed by atoms with E-state index in [0.717, 1.165) is 12.6 Å². The average molecular weight is 283 g/mol. The van der Waals surface area contributed by atoms with E-state index in [1.165, 1.54) is 50.8 Å². The molecule has 1 aliphatic rings. The van der Waals surface area contributed by atoms with Crippen LogP contribution in [-0.2, 0) is 13.0 Å². The largest absolute Gasteiger partial charge is 0.337 e. The second-order valence-electron chi connectivity index (χ2n) is 6.01. The maximum Gasteiger partial charge on any atom is 0.0945 e. The number of benzene rings is 1. The quantitative estimate of drug-likeness (QED) is 0.810. The maximum absolute atomic E-state index is 4.13. The zero-order valence-electron chi connectivity index (χ0n) is 12.7. The lowest BCUT2D eigenvalue weighted by atomic mass is 9.98. The van der Waals surface area contributed by atoms with Crippen LogP contribution in [0.1, 0.15) is 31.2 Å². The van der Waals surface area contributed by atoms with E-state index >= 15 is 0 Å². The van der Waals surface area contributed by atoms with Crippen LogP contribution in [0, 0.1) is 0 Å². The highest BCUT2D eigenvalue weighted by molar-refractivity contribution is 5.14. The molecule has 0 aliphatic carbocycles. The van der Waals surface area contributed by atoms with Gasteiger partial charge in [0.25, 0.3) is 0 Å². The summed E-state index contributed by atoms with van der Waals surface area (Å²) in [5.74, 6) is 0. The second kappa shape index (κ2) is 7.41. The Morgan fingerprint density at radius 2 is 2.00 bits per heavy atom. The summed E-state index contributed by atoms with van der Waals surface area (Å²) in [4.78, 5) is 6.83. The van der Waals surface area contributed by atoms with Crippen molar-refractivity contribution in [1.29, 1.82) is 0 Å². The van der Waals surface area contributed by atoms with Crippen LogP contribution in [0.2, 0.25) is 0 Å². The lowest BCUT2D eigenvalue weighted by Gasteiger charge is -2.36. The first-order valence-corrected chi connectivity index (χ1v) is 8.15. The molecule has 1 aliphatic heterocycles. The second-order valence-corrected chi connectivity index (χ2v) is 6.01. The minimum absolute atomic E-state index is 0.741. The predicted octanol–water partition coefficient (Wildman–Crippen LogP) is 3.37. The molecule has 1 atom stereocenters. The fraction of sp³-hybridized carbons (Fsp3) is 0.500. The lowest BCUT2D eigenvalue weighted by Crippen LogP contribution is -2.41. The van der Waals surface area contributed by atoms with E-state index in [-0.39, 0.29) is 0 Å². The maximum atomic E-state index is 4.13. The number of aryl methyl sites for hydroxylation is 1. The van der Waals surface area contributed by atoms with Gasteiger partial charge in [0.1, 0.15) is 0 Å². The van der Waals surface area contributed by atoms with E-state index in [1.54, 1.807) is 0 Å². The minimum atomic E-state index is 0.741. The molecule has 1 saturated heterocycles. The summed E-state index contributed by atoms with van der Waals surface area (Å²) in [6.07, 6.45) is 12.4. The molecule has 1 unspecified atom stereocenters. The Kier molecular flexibility index (Phi) is 5.06. The number of nitrogens with zero attached hydrogens (tertiary/aromatic N) is 3. The van der Waals surface area contributed by atoms with Crippen molar-refractivity contribution in [3.05, 3.63) is 54.6 Å². The summed E-state index contributed by atoms with van der Waals surface area (Å²) in [5, 5.41) is 0. The first-order chi connectivity index (χ1) is 10.4. The molecule has 21 heavy (non-hydrogen) atoms. The summed E-state index contributed by atoms with van der Waals surface area (Å²) < 4.78 is 2.20. The Morgan fingerprint density at radius 1 is 1.10 bits per heavy atom. The lowest BCUT2D eigenvalue weighted by molar-refractivity contribution is 0.138. The van der Waals surface area contributed by atoms with Crippen molar-refractivity contribution >= 4 is 0 Å². The van der Waals surface area contributed by atoms with Crippen molar-refractivity contribution in [2.45, 2.75) is 44.7 Å². The van der Waals surface area contributed by atoms with Crippen molar-refractivity contribution in [3.63, 3.8) is 0 Å². The molecule has 3 nitrogen and oxygen atoms in total. The Balaban J connectivity index is 1.51. The molecule has 112 valence electrons. The van der Waals surface area contributed by atoms with Gasteiger partial charge in [0.2, 0.25) is 0 Å². The zero-order valence-corrected chi connectivity index (χ0v) is 12.7. The van der Waals surface area contributed by atoms with Gasteiger partial charge in [-0.1, -0.05) is 36.8 Å². The van der Waals surface area contributed by atoms with Crippen molar-refractivity contribution < 1.29 is 0 Å². The molecule has 0 spiro atoms. The highest BCUT2D eigenvalue weighted by Crippen LogP contribution is 2.20. The number of rotatable bonds is 6. The highest BCUT2D eigenvalue weighted by Gasteiger charge is 2.21. The van der Waals surface area contributed by atoms with Crippen LogP contribution in [0.15, 0.2) is 49.1 Å². The molecule has 0 radical (unpaired) electrons. The number of piperidine rings is 1. The fourth-order valence-corrected chi connectivity index (χ4v) is 3.32. The van der Waals surface area contributed by atoms with E-state index in [4.69, 9.17) is 0 Å². The molecule has 1 aromatic heterocycles. The first-order valence-electron chi connectivity index (χ1n) is 8.15. The molecule has 2 aromatic rings. The van der Waals surface area contributed by atoms with Crippen LogP contribution in [-0.4, -0.2) is 33.6 Å². The topological polar surface area (TPSA) is 21.1 Å². The molecule has 0 amide bonds. The summed E-state index contributed by atoms with van der Waals surface area (Å²) in [6.45, 7) is 3.55. The first kappa shape index (κ1) is 14.3. The van der Waals surface area contributed by atoms with E-state index in [0.29, 0.717) is 0 Å². The van der Waals surface area contributed by atoms with Gasteiger partial charge in [0, 0.05) is 31.5 Å². The molecule has 0 saturated carbocycles. The normalized spacial score (nSPS) is 19.7. The summed E-state index contributed by atoms with van der Waals surface area (Å²) in [5.41, 5.74) is 1.46. The predicted molar refractivity (Wildman–Crippen MR) is 86.2 cm³/mol. The molecule has 1 aromatic carbocycles. The van der Waals surface area contributed by atoms with Gasteiger partial charge < -0.3 is 4.57 Å². The standard InChI is InChI=1S/C18H25N3/c1-2-6-17(7-3-1)9-14-21-12-5-4-8-18(21)10-13-20-15-11-19-16-20/h1-3,6-7,11,15-16,18H,4-5,8-10,12-14H2. The molecule has 0 bridgehead atoms. The average Bonchev–Trinajstić information content (AvgIpc) is 3.06. The van der Waals surface area contributed by atoms with Crippen molar-refractivity contribution in [2.75, 3.05) is 13.1 Å². The molecule has 2 heterocycles. The van der Waals surface area contributed by atoms with Crippen LogP contribution < -0.4 is 0 Å². The van der Waals surface area contributed by atoms with Gasteiger partial charge in [-0.3, -0.25) is 4.90 Å². The Morgan fingerprint density at radius 3 is 2.81 bits per heavy atom. The fourth-order valence-electron chi connectivity index (χ4n) is 3.32. The van der Waals surface area contributed by atoms with Gasteiger partial charge in [-0.15, -0.1) is 0 Å². The molecular formula is C18H25N3.